The van der Waals surface area contributed by atoms with E-state index in [1.807, 2.05) is 0 Å². The Balaban J connectivity index is 2.08. The Morgan fingerprint density at radius 3 is 2.63 bits per heavy atom. The van der Waals surface area contributed by atoms with Gasteiger partial charge in [0, 0.05) is 19.2 Å². The van der Waals surface area contributed by atoms with Crippen molar-refractivity contribution >= 4 is 11.6 Å². The lowest BCUT2D eigenvalue weighted by Crippen LogP contribution is -2.38. The van der Waals surface area contributed by atoms with Gasteiger partial charge in [-0.15, -0.1) is 0 Å². The molecule has 0 saturated carbocycles. The first-order valence-electron chi connectivity index (χ1n) is 6.28. The minimum atomic E-state index is -0.709. The van der Waals surface area contributed by atoms with E-state index in [-0.39, 0.29) is 17.3 Å². The molecule has 1 unspecified atom stereocenters. The van der Waals surface area contributed by atoms with Crippen molar-refractivity contribution in [2.45, 2.75) is 25.9 Å². The fourth-order valence-corrected chi connectivity index (χ4v) is 2.14. The molecule has 0 radical (unpaired) electrons. The number of likely N-dealkylation sites (tertiary alicyclic amines) is 1. The summed E-state index contributed by atoms with van der Waals surface area (Å²) in [5.74, 6) is 0.0168. The Labute approximate surface area is 111 Å². The number of benzene rings is 1. The zero-order valence-electron chi connectivity index (χ0n) is 10.7. The average Bonchev–Trinajstić information content (AvgIpc) is 2.92. The summed E-state index contributed by atoms with van der Waals surface area (Å²) in [7, 11) is 0. The van der Waals surface area contributed by atoms with Gasteiger partial charge in [-0.1, -0.05) is 12.1 Å². The maximum absolute atomic E-state index is 12.1. The van der Waals surface area contributed by atoms with Crippen LogP contribution in [-0.2, 0) is 4.79 Å². The lowest BCUT2D eigenvalue weighted by molar-refractivity contribution is -0.386. The second kappa shape index (κ2) is 5.69. The molecule has 1 heterocycles. The van der Waals surface area contributed by atoms with Crippen molar-refractivity contribution in [2.75, 3.05) is 13.1 Å². The summed E-state index contributed by atoms with van der Waals surface area (Å²) >= 11 is 0. The molecule has 0 N–H and O–H groups in total. The maximum atomic E-state index is 12.1. The highest BCUT2D eigenvalue weighted by molar-refractivity contribution is 5.81. The molecule has 1 aromatic carbocycles. The fourth-order valence-electron chi connectivity index (χ4n) is 2.14. The Hall–Kier alpha value is -2.11. The van der Waals surface area contributed by atoms with Gasteiger partial charge in [-0.2, -0.15) is 0 Å². The third-order valence-electron chi connectivity index (χ3n) is 3.13. The molecule has 1 fully saturated rings. The molecule has 1 amide bonds. The molecule has 1 saturated heterocycles. The molecule has 0 bridgehead atoms. The number of carbonyl (C=O) groups excluding carboxylic acids is 1. The van der Waals surface area contributed by atoms with E-state index in [0.29, 0.717) is 0 Å². The Bertz CT molecular complexity index is 483. The number of hydrogen-bond acceptors (Lipinski definition) is 4. The maximum Gasteiger partial charge on any atom is 0.310 e. The number of rotatable bonds is 4. The Kier molecular flexibility index (Phi) is 3.99. The zero-order chi connectivity index (χ0) is 13.8. The minimum absolute atomic E-state index is 0.115. The predicted octanol–water partition coefficient (Wildman–Crippen LogP) is 1.98. The van der Waals surface area contributed by atoms with E-state index < -0.39 is 11.0 Å². The molecule has 0 spiro atoms. The summed E-state index contributed by atoms with van der Waals surface area (Å²) in [6.07, 6.45) is 1.30. The second-order valence-electron chi connectivity index (χ2n) is 4.52. The van der Waals surface area contributed by atoms with Crippen molar-refractivity contribution < 1.29 is 14.5 Å². The Morgan fingerprint density at radius 1 is 1.37 bits per heavy atom. The molecule has 1 aliphatic heterocycles. The largest absolute Gasteiger partial charge is 0.474 e. The van der Waals surface area contributed by atoms with Crippen LogP contribution in [0, 0.1) is 10.1 Å². The number of carbonyl (C=O) groups is 1. The number of hydrogen-bond donors (Lipinski definition) is 0. The van der Waals surface area contributed by atoms with E-state index in [0.717, 1.165) is 25.9 Å². The third-order valence-corrected chi connectivity index (χ3v) is 3.13. The van der Waals surface area contributed by atoms with Gasteiger partial charge in [-0.25, -0.2) is 0 Å². The summed E-state index contributed by atoms with van der Waals surface area (Å²) in [5.41, 5.74) is -0.122. The average molecular weight is 264 g/mol. The molecule has 0 aromatic heterocycles. The lowest BCUT2D eigenvalue weighted by atomic mass is 10.3. The van der Waals surface area contributed by atoms with Crippen molar-refractivity contribution in [3.8, 4) is 5.75 Å². The van der Waals surface area contributed by atoms with Gasteiger partial charge in [0.1, 0.15) is 0 Å². The standard InChI is InChI=1S/C13H16N2O4/c1-10(13(16)14-8-4-5-9-14)19-12-7-3-2-6-11(12)15(17)18/h2-3,6-7,10H,4-5,8-9H2,1H3. The molecule has 1 atom stereocenters. The van der Waals surface area contributed by atoms with Crippen molar-refractivity contribution in [1.29, 1.82) is 0 Å². The molecule has 1 aromatic rings. The summed E-state index contributed by atoms with van der Waals surface area (Å²) in [6, 6.07) is 6.08. The third kappa shape index (κ3) is 3.01. The summed E-state index contributed by atoms with van der Waals surface area (Å²) < 4.78 is 5.45. The molecular formula is C13H16N2O4. The number of nitro benzene ring substituents is 1. The highest BCUT2D eigenvalue weighted by Crippen LogP contribution is 2.27. The summed E-state index contributed by atoms with van der Waals surface area (Å²) in [5, 5.41) is 10.9. The van der Waals surface area contributed by atoms with Gasteiger partial charge in [0.25, 0.3) is 5.91 Å². The highest BCUT2D eigenvalue weighted by atomic mass is 16.6. The van der Waals surface area contributed by atoms with E-state index in [1.165, 1.54) is 12.1 Å². The smallest absolute Gasteiger partial charge is 0.310 e. The van der Waals surface area contributed by atoms with Crippen LogP contribution in [-0.4, -0.2) is 34.9 Å². The number of amides is 1. The SMILES string of the molecule is CC(Oc1ccccc1[N+](=O)[O-])C(=O)N1CCCC1. The van der Waals surface area contributed by atoms with Crippen LogP contribution in [0.25, 0.3) is 0 Å². The van der Waals surface area contributed by atoms with Crippen LogP contribution in [0.4, 0.5) is 5.69 Å². The summed E-state index contributed by atoms with van der Waals surface area (Å²) in [4.78, 5) is 24.1. The van der Waals surface area contributed by atoms with E-state index in [1.54, 1.807) is 24.0 Å². The van der Waals surface area contributed by atoms with Crippen LogP contribution in [0.1, 0.15) is 19.8 Å². The molecule has 6 nitrogen and oxygen atoms in total. The van der Waals surface area contributed by atoms with Gasteiger partial charge in [-0.3, -0.25) is 14.9 Å². The first kappa shape index (κ1) is 13.3. The van der Waals surface area contributed by atoms with E-state index in [4.69, 9.17) is 4.74 Å². The van der Waals surface area contributed by atoms with Gasteiger partial charge in [-0.05, 0) is 25.8 Å². The summed E-state index contributed by atoms with van der Waals surface area (Å²) in [6.45, 7) is 3.10. The highest BCUT2D eigenvalue weighted by Gasteiger charge is 2.26. The monoisotopic (exact) mass is 264 g/mol. The van der Waals surface area contributed by atoms with Crippen molar-refractivity contribution in [2.24, 2.45) is 0 Å². The van der Waals surface area contributed by atoms with Crippen LogP contribution in [0.5, 0.6) is 5.75 Å². The molecule has 2 rings (SSSR count). The van der Waals surface area contributed by atoms with E-state index >= 15 is 0 Å². The van der Waals surface area contributed by atoms with Crippen molar-refractivity contribution in [3.63, 3.8) is 0 Å². The predicted molar refractivity (Wildman–Crippen MR) is 69.0 cm³/mol. The fraction of sp³-hybridized carbons (Fsp3) is 0.462. The number of para-hydroxylation sites is 2. The van der Waals surface area contributed by atoms with E-state index in [9.17, 15) is 14.9 Å². The Morgan fingerprint density at radius 2 is 2.00 bits per heavy atom. The second-order valence-corrected chi connectivity index (χ2v) is 4.52. The van der Waals surface area contributed by atoms with Crippen molar-refractivity contribution in [1.82, 2.24) is 4.90 Å². The van der Waals surface area contributed by atoms with Crippen LogP contribution in [0.2, 0.25) is 0 Å². The molecule has 1 aliphatic rings. The molecule has 6 heteroatoms. The van der Waals surface area contributed by atoms with Gasteiger partial charge in [0.05, 0.1) is 4.92 Å². The zero-order valence-corrected chi connectivity index (χ0v) is 10.7. The normalized spacial score (nSPS) is 16.2. The lowest BCUT2D eigenvalue weighted by Gasteiger charge is -2.21. The van der Waals surface area contributed by atoms with Crippen molar-refractivity contribution in [3.05, 3.63) is 34.4 Å². The van der Waals surface area contributed by atoms with Crippen LogP contribution < -0.4 is 4.74 Å². The van der Waals surface area contributed by atoms with Gasteiger partial charge >= 0.3 is 5.69 Å². The topological polar surface area (TPSA) is 72.7 Å². The van der Waals surface area contributed by atoms with Gasteiger partial charge in [0.15, 0.2) is 11.9 Å². The van der Waals surface area contributed by atoms with E-state index in [2.05, 4.69) is 0 Å². The van der Waals surface area contributed by atoms with Gasteiger partial charge in [0.2, 0.25) is 0 Å². The van der Waals surface area contributed by atoms with Gasteiger partial charge < -0.3 is 9.64 Å². The molecule has 0 aliphatic carbocycles. The first-order valence-corrected chi connectivity index (χ1v) is 6.28. The molecule has 19 heavy (non-hydrogen) atoms. The minimum Gasteiger partial charge on any atom is -0.474 e. The quantitative estimate of drug-likeness (QED) is 0.615. The van der Waals surface area contributed by atoms with Crippen LogP contribution in [0.15, 0.2) is 24.3 Å². The number of ether oxygens (including phenoxy) is 1. The number of nitrogens with zero attached hydrogens (tertiary/aromatic N) is 2. The van der Waals surface area contributed by atoms with Crippen LogP contribution in [0.3, 0.4) is 0 Å². The number of nitro groups is 1. The molecular weight excluding hydrogens is 248 g/mol. The first-order chi connectivity index (χ1) is 9.09. The molecule has 102 valence electrons. The van der Waals surface area contributed by atoms with Crippen LogP contribution >= 0.6 is 0 Å².